The Morgan fingerprint density at radius 2 is 0.591 bits per heavy atom. The number of rotatable bonds is 5. The molecule has 0 saturated heterocycles. The van der Waals surface area contributed by atoms with Crippen molar-refractivity contribution in [3.63, 3.8) is 0 Å². The van der Waals surface area contributed by atoms with E-state index in [1.165, 1.54) is 109 Å². The first-order chi connectivity index (χ1) is 40.0. The highest BCUT2D eigenvalue weighted by atomic mass is 19.4. The van der Waals surface area contributed by atoms with Crippen LogP contribution in [0.25, 0.3) is 0 Å². The van der Waals surface area contributed by atoms with Gasteiger partial charge in [0, 0.05) is 132 Å². The van der Waals surface area contributed by atoms with Crippen molar-refractivity contribution in [2.45, 2.75) is 207 Å². The molecule has 0 aliphatic carbocycles. The third-order valence-corrected chi connectivity index (χ3v) is 17.2. The highest BCUT2D eigenvalue weighted by Gasteiger charge is 2.40. The maximum Gasteiger partial charge on any atom is 0.431 e. The van der Waals surface area contributed by atoms with E-state index in [0.29, 0.717) is 47.4 Å². The zero-order valence-corrected chi connectivity index (χ0v) is 59.2. The first kappa shape index (κ1) is 79.6. The molecule has 0 aliphatic rings. The van der Waals surface area contributed by atoms with Gasteiger partial charge < -0.3 is 36.5 Å². The van der Waals surface area contributed by atoms with E-state index in [2.05, 4.69) is 265 Å². The molecule has 0 saturated carbocycles. The Kier molecular flexibility index (Phi) is 29.8. The number of hydrogen-bond donors (Lipinski definition) is 0. The van der Waals surface area contributed by atoms with Crippen LogP contribution in [-0.4, -0.2) is 36.5 Å². The van der Waals surface area contributed by atoms with Crippen molar-refractivity contribution in [2.75, 3.05) is 0 Å². The lowest BCUT2D eigenvalue weighted by molar-refractivity contribution is -0.152. The second-order valence-electron chi connectivity index (χ2n) is 25.0. The van der Waals surface area contributed by atoms with Crippen molar-refractivity contribution in [3.05, 3.63) is 186 Å². The molecule has 8 heterocycles. The molecular weight excluding hydrogens is 1140 g/mol. The van der Waals surface area contributed by atoms with Crippen molar-refractivity contribution in [2.24, 2.45) is 56.4 Å². The first-order valence-corrected chi connectivity index (χ1v) is 30.2. The zero-order valence-electron chi connectivity index (χ0n) is 59.2. The van der Waals surface area contributed by atoms with Gasteiger partial charge in [-0.15, -0.1) is 0 Å². The van der Waals surface area contributed by atoms with Gasteiger partial charge in [-0.3, -0.25) is 0 Å². The SMILES string of the molecule is CC(C)c1ccc(C(C)C)n1C.Cc1c(C(C)C)cn(C)c1C.Cc1c(C(C)C)cn(C)c1C.Cc1c(C)c(C)n(C)c1C.Cc1ccc(C(F)(F)F)n1C.Cc1ccc(C)n1C.Cc1cn(C)c(C(C)C)c1C.Cn1c(C(F)(F)F)ccc1C(F)(F)F. The summed E-state index contributed by atoms with van der Waals surface area (Å²) in [6.07, 6.45) is -7.10. The Morgan fingerprint density at radius 1 is 0.284 bits per heavy atom. The van der Waals surface area contributed by atoms with E-state index in [1.54, 1.807) is 6.92 Å². The van der Waals surface area contributed by atoms with Crippen molar-refractivity contribution >= 4 is 0 Å². The predicted octanol–water partition coefficient (Wildman–Crippen LogP) is 20.9. The summed E-state index contributed by atoms with van der Waals surface area (Å²) < 4.78 is 123. The van der Waals surface area contributed by atoms with Crippen molar-refractivity contribution in [1.82, 2.24) is 36.5 Å². The van der Waals surface area contributed by atoms with Crippen LogP contribution in [0.5, 0.6) is 0 Å². The number of aryl methyl sites for hydroxylation is 7. The third kappa shape index (κ3) is 21.4. The quantitative estimate of drug-likeness (QED) is 0.154. The minimum absolute atomic E-state index is 0.0833. The van der Waals surface area contributed by atoms with Crippen LogP contribution in [0.15, 0.2) is 67.1 Å². The van der Waals surface area contributed by atoms with Gasteiger partial charge in [-0.2, -0.15) is 39.5 Å². The number of hydrogen-bond acceptors (Lipinski definition) is 0. The van der Waals surface area contributed by atoms with E-state index in [1.807, 2.05) is 0 Å². The van der Waals surface area contributed by atoms with Crippen LogP contribution in [0.1, 0.15) is 217 Å². The molecule has 8 nitrogen and oxygen atoms in total. The van der Waals surface area contributed by atoms with Gasteiger partial charge in [0.15, 0.2) is 0 Å². The molecule has 0 atom stereocenters. The number of halogens is 9. The van der Waals surface area contributed by atoms with Crippen LogP contribution >= 0.6 is 0 Å². The number of nitrogens with zero attached hydrogens (tertiary/aromatic N) is 8. The van der Waals surface area contributed by atoms with E-state index in [0.717, 1.165) is 17.7 Å². The number of aromatic nitrogens is 8. The second-order valence-corrected chi connectivity index (χ2v) is 25.0. The van der Waals surface area contributed by atoms with Crippen LogP contribution in [0, 0.1) is 90.0 Å². The highest BCUT2D eigenvalue weighted by Crippen LogP contribution is 2.36. The van der Waals surface area contributed by atoms with Crippen LogP contribution in [-0.2, 0) is 74.9 Å². The van der Waals surface area contributed by atoms with E-state index in [4.69, 9.17) is 0 Å². The van der Waals surface area contributed by atoms with E-state index in [9.17, 15) is 39.5 Å². The van der Waals surface area contributed by atoms with Crippen molar-refractivity contribution < 1.29 is 39.5 Å². The normalized spacial score (nSPS) is 11.5. The van der Waals surface area contributed by atoms with Gasteiger partial charge in [0.05, 0.1) is 0 Å². The fourth-order valence-corrected chi connectivity index (χ4v) is 10.4. The predicted molar refractivity (Wildman–Crippen MR) is 350 cm³/mol. The minimum atomic E-state index is -4.77. The fourth-order valence-electron chi connectivity index (χ4n) is 10.4. The van der Waals surface area contributed by atoms with Crippen LogP contribution < -0.4 is 0 Å². The van der Waals surface area contributed by atoms with Crippen LogP contribution in [0.4, 0.5) is 39.5 Å². The second kappa shape index (κ2) is 32.9. The molecule has 8 aromatic heterocycles. The van der Waals surface area contributed by atoms with Crippen LogP contribution in [0.3, 0.4) is 0 Å². The maximum atomic E-state index is 12.1. The summed E-state index contributed by atoms with van der Waals surface area (Å²) in [5.74, 6) is 3.18. The van der Waals surface area contributed by atoms with Gasteiger partial charge in [0.2, 0.25) is 0 Å². The fraction of sp³-hybridized carbons (Fsp3) is 0.549. The summed E-state index contributed by atoms with van der Waals surface area (Å²) >= 11 is 0. The summed E-state index contributed by atoms with van der Waals surface area (Å²) in [4.78, 5) is 0. The molecule has 0 radical (unpaired) electrons. The van der Waals surface area contributed by atoms with Gasteiger partial charge >= 0.3 is 18.5 Å². The van der Waals surface area contributed by atoms with Gasteiger partial charge in [-0.1, -0.05) is 69.2 Å². The third-order valence-electron chi connectivity index (χ3n) is 17.2. The summed E-state index contributed by atoms with van der Waals surface area (Å²) in [5, 5.41) is 0. The lowest BCUT2D eigenvalue weighted by Crippen LogP contribution is -2.16. The minimum Gasteiger partial charge on any atom is -0.354 e. The lowest BCUT2D eigenvalue weighted by Gasteiger charge is -2.12. The van der Waals surface area contributed by atoms with Gasteiger partial charge in [0.25, 0.3) is 0 Å². The summed E-state index contributed by atoms with van der Waals surface area (Å²) in [7, 11) is 14.8. The van der Waals surface area contributed by atoms with Gasteiger partial charge in [-0.25, -0.2) is 0 Å². The smallest absolute Gasteiger partial charge is 0.354 e. The molecule has 8 rings (SSSR count). The Labute approximate surface area is 523 Å². The summed E-state index contributed by atoms with van der Waals surface area (Å²) in [6.45, 7) is 50.0. The lowest BCUT2D eigenvalue weighted by atomic mass is 10.0. The summed E-state index contributed by atoms with van der Waals surface area (Å²) in [5.41, 5.74) is 21.4. The monoisotopic (exact) mass is 1240 g/mol. The van der Waals surface area contributed by atoms with Gasteiger partial charge in [-0.05, 0) is 213 Å². The molecule has 0 aliphatic heterocycles. The average molecular weight is 1250 g/mol. The maximum absolute atomic E-state index is 12.1. The molecular formula is C71H109F9N8. The average Bonchev–Trinajstić information content (AvgIpc) is 3.42. The molecule has 0 amide bonds. The molecule has 88 heavy (non-hydrogen) atoms. The van der Waals surface area contributed by atoms with E-state index < -0.39 is 35.6 Å². The molecule has 496 valence electrons. The molecule has 8 aromatic rings. The van der Waals surface area contributed by atoms with Crippen molar-refractivity contribution in [1.29, 1.82) is 0 Å². The molecule has 0 aromatic carbocycles. The Balaban J connectivity index is 0.000000505. The highest BCUT2D eigenvalue weighted by molar-refractivity contribution is 5.36. The summed E-state index contributed by atoms with van der Waals surface area (Å²) in [6, 6.07) is 12.1. The van der Waals surface area contributed by atoms with Crippen LogP contribution in [0.2, 0.25) is 0 Å². The molecule has 0 N–H and O–H groups in total. The molecule has 0 bridgehead atoms. The Hall–Kier alpha value is -6.39. The first-order valence-electron chi connectivity index (χ1n) is 30.2. The largest absolute Gasteiger partial charge is 0.431 e. The van der Waals surface area contributed by atoms with Crippen molar-refractivity contribution in [3.8, 4) is 0 Å². The standard InChI is InChI=1S/C11H19N.3C10H17N.C9H15N.C7H5F6N.C7H8F3N.C7H11N/c1-8(2)10-6-7-11(9(3)4)12(10)5;2*1-7(2)10-6-11(5)9(4)8(10)3;1-7(2)10-9(4)8(3)6-11(10)5;1-6-7(2)9(4)10(5)8(6)3;1-14-4(6(8,9)10)2-3-5(14)7(11,12)13;1-5-3-4-6(11(5)2)7(8,9)10;1-6-4-5-7(2)8(6)3/h6-9H,1-5H3;3*6-7H,1-5H3;1-5H3;2-3H,1H3;3-4H,1-2H3;4-5H,1-3H3. The molecule has 0 unspecified atom stereocenters. The van der Waals surface area contributed by atoms with Gasteiger partial charge in [0.1, 0.15) is 17.1 Å². The molecule has 0 spiro atoms. The Morgan fingerprint density at radius 3 is 0.727 bits per heavy atom. The van der Waals surface area contributed by atoms with E-state index >= 15 is 0 Å². The topological polar surface area (TPSA) is 39.4 Å². The Bertz CT molecular complexity index is 3210. The molecule has 17 heteroatoms. The van der Waals surface area contributed by atoms with E-state index in [-0.39, 0.29) is 4.57 Å². The number of alkyl halides is 9. The zero-order chi connectivity index (χ0) is 68.9. The molecule has 0 fully saturated rings.